The zero-order valence-corrected chi connectivity index (χ0v) is 12.2. The summed E-state index contributed by atoms with van der Waals surface area (Å²) in [6.45, 7) is 10.5. The lowest BCUT2D eigenvalue weighted by molar-refractivity contribution is 0.0911. The number of carbonyl (C=O) groups is 1. The van der Waals surface area contributed by atoms with Crippen molar-refractivity contribution in [2.75, 3.05) is 39.3 Å². The molecule has 0 saturated carbocycles. The maximum absolute atomic E-state index is 11.0. The van der Waals surface area contributed by atoms with Crippen molar-refractivity contribution in [3.63, 3.8) is 0 Å². The number of alkyl carbamates (subject to hydrolysis) is 1. The van der Waals surface area contributed by atoms with Gasteiger partial charge < -0.3 is 15.4 Å². The number of amides is 1. The van der Waals surface area contributed by atoms with Gasteiger partial charge in [-0.1, -0.05) is 13.8 Å². The monoisotopic (exact) mass is 269 g/mol. The summed E-state index contributed by atoms with van der Waals surface area (Å²) < 4.78 is 5.18. The first-order valence-corrected chi connectivity index (χ1v) is 7.51. The Bertz CT molecular complexity index is 288. The van der Waals surface area contributed by atoms with Gasteiger partial charge in [-0.05, 0) is 50.9 Å². The third-order valence-electron chi connectivity index (χ3n) is 3.90. The Labute approximate surface area is 116 Å². The zero-order valence-electron chi connectivity index (χ0n) is 12.2. The van der Waals surface area contributed by atoms with E-state index < -0.39 is 0 Å². The van der Waals surface area contributed by atoms with E-state index in [0.717, 1.165) is 44.6 Å². The first kappa shape index (κ1) is 14.6. The number of nitrogens with one attached hydrogen (secondary N) is 2. The zero-order chi connectivity index (χ0) is 13.7. The maximum Gasteiger partial charge on any atom is 0.407 e. The number of hydrogen-bond acceptors (Lipinski definition) is 4. The topological polar surface area (TPSA) is 53.6 Å². The van der Waals surface area contributed by atoms with Crippen LogP contribution in [0.2, 0.25) is 0 Å². The molecule has 2 aliphatic heterocycles. The molecule has 2 rings (SSSR count). The van der Waals surface area contributed by atoms with Crippen LogP contribution >= 0.6 is 0 Å². The molecule has 1 unspecified atom stereocenters. The summed E-state index contributed by atoms with van der Waals surface area (Å²) in [5.74, 6) is 1.53. The standard InChI is InChI=1S/C14H27N3O2/c1-11(2)7-15-8-12-3-5-17(6-4-12)10-13-9-16-14(18)19-13/h11-13,15H,3-10H2,1-2H3,(H,16,18). The maximum atomic E-state index is 11.0. The molecule has 0 aliphatic carbocycles. The molecule has 0 aromatic carbocycles. The van der Waals surface area contributed by atoms with Crippen molar-refractivity contribution in [1.29, 1.82) is 0 Å². The number of cyclic esters (lactones) is 1. The van der Waals surface area contributed by atoms with Crippen LogP contribution in [0.3, 0.4) is 0 Å². The third-order valence-corrected chi connectivity index (χ3v) is 3.90. The van der Waals surface area contributed by atoms with Crippen molar-refractivity contribution in [2.24, 2.45) is 11.8 Å². The molecule has 0 bridgehead atoms. The first-order chi connectivity index (χ1) is 9.13. The highest BCUT2D eigenvalue weighted by Gasteiger charge is 2.27. The predicted octanol–water partition coefficient (Wildman–Crippen LogP) is 1.05. The van der Waals surface area contributed by atoms with Crippen LogP contribution in [-0.4, -0.2) is 56.4 Å². The fraction of sp³-hybridized carbons (Fsp3) is 0.929. The van der Waals surface area contributed by atoms with E-state index in [4.69, 9.17) is 4.74 Å². The Morgan fingerprint density at radius 1 is 1.42 bits per heavy atom. The van der Waals surface area contributed by atoms with Gasteiger partial charge in [0.2, 0.25) is 0 Å². The molecule has 2 saturated heterocycles. The van der Waals surface area contributed by atoms with E-state index >= 15 is 0 Å². The van der Waals surface area contributed by atoms with Gasteiger partial charge in [0.1, 0.15) is 6.10 Å². The highest BCUT2D eigenvalue weighted by atomic mass is 16.6. The highest BCUT2D eigenvalue weighted by Crippen LogP contribution is 2.17. The first-order valence-electron chi connectivity index (χ1n) is 7.51. The van der Waals surface area contributed by atoms with Crippen LogP contribution in [0, 0.1) is 11.8 Å². The van der Waals surface area contributed by atoms with Gasteiger partial charge in [0.05, 0.1) is 6.54 Å². The van der Waals surface area contributed by atoms with Crippen LogP contribution in [0.4, 0.5) is 4.79 Å². The number of hydrogen-bond donors (Lipinski definition) is 2. The molecule has 1 amide bonds. The van der Waals surface area contributed by atoms with Gasteiger partial charge in [-0.25, -0.2) is 4.79 Å². The second-order valence-electron chi connectivity index (χ2n) is 6.20. The van der Waals surface area contributed by atoms with Gasteiger partial charge in [0, 0.05) is 6.54 Å². The number of rotatable bonds is 6. The number of likely N-dealkylation sites (tertiary alicyclic amines) is 1. The smallest absolute Gasteiger partial charge is 0.407 e. The lowest BCUT2D eigenvalue weighted by atomic mass is 9.96. The van der Waals surface area contributed by atoms with Gasteiger partial charge in [0.25, 0.3) is 0 Å². The summed E-state index contributed by atoms with van der Waals surface area (Å²) in [5, 5.41) is 6.26. The van der Waals surface area contributed by atoms with E-state index in [9.17, 15) is 4.79 Å². The number of ether oxygens (including phenoxy) is 1. The van der Waals surface area contributed by atoms with Crippen LogP contribution in [0.25, 0.3) is 0 Å². The third kappa shape index (κ3) is 4.99. The molecule has 2 fully saturated rings. The Morgan fingerprint density at radius 3 is 2.74 bits per heavy atom. The SMILES string of the molecule is CC(C)CNCC1CCN(CC2CNC(=O)O2)CC1. The van der Waals surface area contributed by atoms with Crippen molar-refractivity contribution in [1.82, 2.24) is 15.5 Å². The van der Waals surface area contributed by atoms with Crippen molar-refractivity contribution < 1.29 is 9.53 Å². The van der Waals surface area contributed by atoms with E-state index in [1.807, 2.05) is 0 Å². The van der Waals surface area contributed by atoms with Gasteiger partial charge in [0.15, 0.2) is 0 Å². The number of piperidine rings is 1. The Kier molecular flexibility index (Phi) is 5.45. The minimum Gasteiger partial charge on any atom is -0.443 e. The van der Waals surface area contributed by atoms with Gasteiger partial charge in [-0.15, -0.1) is 0 Å². The van der Waals surface area contributed by atoms with Crippen LogP contribution < -0.4 is 10.6 Å². The second kappa shape index (κ2) is 7.10. The summed E-state index contributed by atoms with van der Waals surface area (Å²) in [4.78, 5) is 13.4. The van der Waals surface area contributed by atoms with Gasteiger partial charge >= 0.3 is 6.09 Å². The van der Waals surface area contributed by atoms with Gasteiger partial charge in [-0.3, -0.25) is 4.90 Å². The molecule has 0 radical (unpaired) electrons. The molecule has 0 aromatic heterocycles. The molecular weight excluding hydrogens is 242 g/mol. The van der Waals surface area contributed by atoms with Crippen molar-refractivity contribution in [3.8, 4) is 0 Å². The van der Waals surface area contributed by atoms with E-state index in [1.54, 1.807) is 0 Å². The van der Waals surface area contributed by atoms with Crippen LogP contribution in [-0.2, 0) is 4.74 Å². The molecule has 19 heavy (non-hydrogen) atoms. The Balaban J connectivity index is 1.58. The molecule has 110 valence electrons. The molecule has 2 aliphatic rings. The van der Waals surface area contributed by atoms with Crippen molar-refractivity contribution in [2.45, 2.75) is 32.8 Å². The van der Waals surface area contributed by atoms with E-state index in [0.29, 0.717) is 6.54 Å². The second-order valence-corrected chi connectivity index (χ2v) is 6.20. The summed E-state index contributed by atoms with van der Waals surface area (Å²) >= 11 is 0. The summed E-state index contributed by atoms with van der Waals surface area (Å²) in [6.07, 6.45) is 2.28. The van der Waals surface area contributed by atoms with Crippen LogP contribution in [0.1, 0.15) is 26.7 Å². The van der Waals surface area contributed by atoms with Crippen molar-refractivity contribution >= 4 is 6.09 Å². The number of carbonyl (C=O) groups excluding carboxylic acids is 1. The Morgan fingerprint density at radius 2 is 2.16 bits per heavy atom. The minimum atomic E-state index is -0.266. The summed E-state index contributed by atoms with van der Waals surface area (Å²) in [5.41, 5.74) is 0. The predicted molar refractivity (Wildman–Crippen MR) is 75.1 cm³/mol. The lowest BCUT2D eigenvalue weighted by Gasteiger charge is -2.33. The van der Waals surface area contributed by atoms with E-state index in [2.05, 4.69) is 29.4 Å². The molecule has 5 heteroatoms. The van der Waals surface area contributed by atoms with Crippen LogP contribution in [0.15, 0.2) is 0 Å². The van der Waals surface area contributed by atoms with E-state index in [1.165, 1.54) is 12.8 Å². The molecule has 0 aromatic rings. The van der Waals surface area contributed by atoms with Crippen LogP contribution in [0.5, 0.6) is 0 Å². The Hall–Kier alpha value is -0.810. The summed E-state index contributed by atoms with van der Waals surface area (Å²) in [6, 6.07) is 0. The molecule has 2 N–H and O–H groups in total. The van der Waals surface area contributed by atoms with Gasteiger partial charge in [-0.2, -0.15) is 0 Å². The lowest BCUT2D eigenvalue weighted by Crippen LogP contribution is -2.42. The molecule has 1 atom stereocenters. The fourth-order valence-electron chi connectivity index (χ4n) is 2.77. The molecule has 2 heterocycles. The minimum absolute atomic E-state index is 0.0446. The van der Waals surface area contributed by atoms with E-state index in [-0.39, 0.29) is 12.2 Å². The summed E-state index contributed by atoms with van der Waals surface area (Å²) in [7, 11) is 0. The highest BCUT2D eigenvalue weighted by molar-refractivity contribution is 5.69. The quantitative estimate of drug-likeness (QED) is 0.757. The fourth-order valence-corrected chi connectivity index (χ4v) is 2.77. The molecular formula is C14H27N3O2. The van der Waals surface area contributed by atoms with Crippen molar-refractivity contribution in [3.05, 3.63) is 0 Å². The number of nitrogens with zero attached hydrogens (tertiary/aromatic N) is 1. The average molecular weight is 269 g/mol. The molecule has 0 spiro atoms. The normalized spacial score (nSPS) is 25.6. The average Bonchev–Trinajstić information content (AvgIpc) is 2.77. The largest absolute Gasteiger partial charge is 0.443 e. The molecule has 5 nitrogen and oxygen atoms in total.